The van der Waals surface area contributed by atoms with Crippen LogP contribution in [0.25, 0.3) is 22.3 Å². The Balaban J connectivity index is 1.82. The van der Waals surface area contributed by atoms with Crippen LogP contribution < -0.4 is 10.2 Å². The van der Waals surface area contributed by atoms with Crippen molar-refractivity contribution in [3.63, 3.8) is 0 Å². The highest BCUT2D eigenvalue weighted by Gasteiger charge is 2.45. The molecule has 12 nitrogen and oxygen atoms in total. The van der Waals surface area contributed by atoms with Gasteiger partial charge >= 0.3 is 5.97 Å². The maximum Gasteiger partial charge on any atom is 0.302 e. The van der Waals surface area contributed by atoms with Crippen molar-refractivity contribution in [2.75, 3.05) is 6.61 Å². The van der Waals surface area contributed by atoms with Crippen LogP contribution in [0.4, 0.5) is 0 Å². The fourth-order valence-corrected chi connectivity index (χ4v) is 3.50. The number of aliphatic hydroxyl groups is 2. The maximum absolute atomic E-state index is 13.3. The van der Waals surface area contributed by atoms with E-state index in [1.54, 1.807) is 0 Å². The Bertz CT molecular complexity index is 1310. The fourth-order valence-electron chi connectivity index (χ4n) is 3.50. The molecule has 0 bridgehead atoms. The van der Waals surface area contributed by atoms with Gasteiger partial charge < -0.3 is 49.3 Å². The number of carbonyl (C=O) groups excluding carboxylic acids is 1. The standard InChI is InChI=1S/C22H20O12/c1-8(23)31-7-15-17(28)19(30)22(33-15)34-21-18(29)16-13(27)5-10(24)6-14(16)32-20(21)9-2-3-11(25)12(26)4-9/h2-6,15,17,19,22,24-28,30H,7H2,1H3. The van der Waals surface area contributed by atoms with Crippen molar-refractivity contribution in [2.45, 2.75) is 31.5 Å². The average Bonchev–Trinajstić information content (AvgIpc) is 3.03. The third-order valence-corrected chi connectivity index (χ3v) is 5.16. The molecule has 0 amide bonds. The zero-order valence-electron chi connectivity index (χ0n) is 17.5. The van der Waals surface area contributed by atoms with Gasteiger partial charge in [-0.25, -0.2) is 0 Å². The Morgan fingerprint density at radius 1 is 1.00 bits per heavy atom. The van der Waals surface area contributed by atoms with Crippen molar-refractivity contribution in [1.82, 2.24) is 0 Å². The molecule has 0 saturated carbocycles. The summed E-state index contributed by atoms with van der Waals surface area (Å²) in [7, 11) is 0. The number of aliphatic hydroxyl groups excluding tert-OH is 2. The summed E-state index contributed by atoms with van der Waals surface area (Å²) in [6, 6.07) is 5.47. The van der Waals surface area contributed by atoms with Crippen molar-refractivity contribution >= 4 is 16.9 Å². The number of ether oxygens (including phenoxy) is 3. The lowest BCUT2D eigenvalue weighted by molar-refractivity contribution is -0.151. The summed E-state index contributed by atoms with van der Waals surface area (Å²) in [5.41, 5.74) is -1.09. The second kappa shape index (κ2) is 8.74. The summed E-state index contributed by atoms with van der Waals surface area (Å²) in [4.78, 5) is 24.3. The number of hydrogen-bond donors (Lipinski definition) is 6. The van der Waals surface area contributed by atoms with Gasteiger partial charge in [0, 0.05) is 24.6 Å². The van der Waals surface area contributed by atoms with Crippen LogP contribution in [0, 0.1) is 0 Å². The summed E-state index contributed by atoms with van der Waals surface area (Å²) in [6.07, 6.45) is -5.96. The van der Waals surface area contributed by atoms with Crippen molar-refractivity contribution in [1.29, 1.82) is 0 Å². The normalized spacial score (nSPS) is 22.1. The molecule has 1 aromatic heterocycles. The minimum atomic E-state index is -1.66. The Morgan fingerprint density at radius 3 is 2.41 bits per heavy atom. The maximum atomic E-state index is 13.3. The third-order valence-electron chi connectivity index (χ3n) is 5.16. The van der Waals surface area contributed by atoms with Gasteiger partial charge in [0.25, 0.3) is 0 Å². The fraction of sp³-hybridized carbons (Fsp3) is 0.273. The van der Waals surface area contributed by atoms with Crippen LogP contribution in [0.3, 0.4) is 0 Å². The Kier molecular flexibility index (Phi) is 5.96. The molecule has 0 spiro atoms. The van der Waals surface area contributed by atoms with Gasteiger partial charge in [0.05, 0.1) is 0 Å². The van der Waals surface area contributed by atoms with E-state index in [9.17, 15) is 40.2 Å². The summed E-state index contributed by atoms with van der Waals surface area (Å²) in [5.74, 6) is -3.51. The summed E-state index contributed by atoms with van der Waals surface area (Å²) in [6.45, 7) is 0.758. The molecule has 1 saturated heterocycles. The molecule has 1 fully saturated rings. The van der Waals surface area contributed by atoms with Gasteiger partial charge in [0.15, 0.2) is 17.3 Å². The number of phenolic OH excluding ortho intramolecular Hbond substituents is 4. The van der Waals surface area contributed by atoms with Gasteiger partial charge in [-0.2, -0.15) is 0 Å². The highest BCUT2D eigenvalue weighted by Crippen LogP contribution is 2.39. The van der Waals surface area contributed by atoms with Crippen molar-refractivity contribution in [2.24, 2.45) is 0 Å². The highest BCUT2D eigenvalue weighted by atomic mass is 16.7. The van der Waals surface area contributed by atoms with Crippen LogP contribution in [0.1, 0.15) is 6.92 Å². The van der Waals surface area contributed by atoms with Gasteiger partial charge in [-0.3, -0.25) is 9.59 Å². The first-order chi connectivity index (χ1) is 16.1. The predicted molar refractivity (Wildman–Crippen MR) is 113 cm³/mol. The lowest BCUT2D eigenvalue weighted by Crippen LogP contribution is -2.36. The monoisotopic (exact) mass is 476 g/mol. The molecule has 34 heavy (non-hydrogen) atoms. The van der Waals surface area contributed by atoms with Gasteiger partial charge in [-0.15, -0.1) is 0 Å². The molecule has 2 aromatic carbocycles. The van der Waals surface area contributed by atoms with Crippen LogP contribution in [0.5, 0.6) is 28.7 Å². The van der Waals surface area contributed by atoms with Crippen molar-refractivity contribution in [3.05, 3.63) is 40.6 Å². The molecule has 6 N–H and O–H groups in total. The van der Waals surface area contributed by atoms with Crippen LogP contribution in [0.2, 0.25) is 0 Å². The lowest BCUT2D eigenvalue weighted by atomic mass is 10.1. The number of carbonyl (C=O) groups is 1. The second-order valence-electron chi connectivity index (χ2n) is 7.58. The van der Waals surface area contributed by atoms with Crippen LogP contribution >= 0.6 is 0 Å². The second-order valence-corrected chi connectivity index (χ2v) is 7.58. The van der Waals surface area contributed by atoms with Gasteiger partial charge in [-0.05, 0) is 18.2 Å². The van der Waals surface area contributed by atoms with Gasteiger partial charge in [0.2, 0.25) is 17.5 Å². The molecule has 4 unspecified atom stereocenters. The predicted octanol–water partition coefficient (Wildman–Crippen LogP) is 0.671. The largest absolute Gasteiger partial charge is 0.508 e. The Morgan fingerprint density at radius 2 is 1.74 bits per heavy atom. The number of benzene rings is 2. The molecular formula is C22H20O12. The van der Waals surface area contributed by atoms with Crippen LogP contribution in [0.15, 0.2) is 39.5 Å². The van der Waals surface area contributed by atoms with E-state index in [2.05, 4.69) is 0 Å². The number of rotatable bonds is 5. The first-order valence-electron chi connectivity index (χ1n) is 9.93. The number of phenols is 4. The molecule has 180 valence electrons. The van der Waals surface area contributed by atoms with Crippen LogP contribution in [-0.2, 0) is 14.3 Å². The number of fused-ring (bicyclic) bond motifs is 1. The molecule has 1 aliphatic heterocycles. The summed E-state index contributed by atoms with van der Waals surface area (Å²) in [5, 5.41) is 59.7. The topological polar surface area (TPSA) is 196 Å². The summed E-state index contributed by atoms with van der Waals surface area (Å²) >= 11 is 0. The van der Waals surface area contributed by atoms with Gasteiger partial charge in [0.1, 0.15) is 47.4 Å². The molecule has 1 aliphatic rings. The smallest absolute Gasteiger partial charge is 0.302 e. The lowest BCUT2D eigenvalue weighted by Gasteiger charge is -2.19. The molecule has 0 radical (unpaired) electrons. The Labute approximate surface area is 190 Å². The number of aromatic hydroxyl groups is 4. The first-order valence-corrected chi connectivity index (χ1v) is 9.93. The van der Waals surface area contributed by atoms with Crippen molar-refractivity contribution in [3.8, 4) is 40.1 Å². The molecule has 3 aromatic rings. The molecule has 12 heteroatoms. The van der Waals surface area contributed by atoms with E-state index in [1.165, 1.54) is 6.07 Å². The zero-order chi connectivity index (χ0) is 24.7. The molecule has 2 heterocycles. The van der Waals surface area contributed by atoms with Crippen LogP contribution in [-0.4, -0.2) is 67.8 Å². The van der Waals surface area contributed by atoms with Gasteiger partial charge in [-0.1, -0.05) is 0 Å². The summed E-state index contributed by atoms with van der Waals surface area (Å²) < 4.78 is 21.5. The number of hydrogen-bond acceptors (Lipinski definition) is 12. The molecule has 4 atom stereocenters. The minimum Gasteiger partial charge on any atom is -0.508 e. The highest BCUT2D eigenvalue weighted by molar-refractivity contribution is 5.88. The molecule has 0 aliphatic carbocycles. The third kappa shape index (κ3) is 4.17. The Hall–Kier alpha value is -4.00. The quantitative estimate of drug-likeness (QED) is 0.223. The van der Waals surface area contributed by atoms with Crippen molar-refractivity contribution < 1.29 is 54.1 Å². The van der Waals surface area contributed by atoms with E-state index >= 15 is 0 Å². The molecular weight excluding hydrogens is 456 g/mol. The minimum absolute atomic E-state index is 0.0524. The average molecular weight is 476 g/mol. The SMILES string of the molecule is CC(=O)OCC1OC(Oc2c(-c3ccc(O)c(O)c3)oc3cc(O)cc(O)c3c2=O)C(O)C1O. The van der Waals surface area contributed by atoms with E-state index in [-0.39, 0.29) is 22.3 Å². The van der Waals surface area contributed by atoms with E-state index in [0.717, 1.165) is 31.2 Å². The van der Waals surface area contributed by atoms with E-state index < -0.39 is 71.4 Å². The van der Waals surface area contributed by atoms with E-state index in [4.69, 9.17) is 18.6 Å². The zero-order valence-corrected chi connectivity index (χ0v) is 17.5. The first kappa shape index (κ1) is 23.2. The van der Waals surface area contributed by atoms with E-state index in [0.29, 0.717) is 0 Å². The number of esters is 1. The molecule has 4 rings (SSSR count). The van der Waals surface area contributed by atoms with E-state index in [1.807, 2.05) is 0 Å².